The molecule has 0 aliphatic heterocycles. The van der Waals surface area contributed by atoms with Gasteiger partial charge in [-0.05, 0) is 42.7 Å². The Labute approximate surface area is 152 Å². The SMILES string of the molecule is CC(C)(C)[Si](C)(C)OCC1(CO[Si](C)(C)C(C)(C)C)C=CC(O)C1. The molecule has 1 atom stereocenters. The maximum absolute atomic E-state index is 10.1. The topological polar surface area (TPSA) is 38.7 Å². The van der Waals surface area contributed by atoms with Crippen molar-refractivity contribution >= 4 is 16.6 Å². The van der Waals surface area contributed by atoms with E-state index in [2.05, 4.69) is 73.8 Å². The van der Waals surface area contributed by atoms with Gasteiger partial charge in [0.25, 0.3) is 0 Å². The van der Waals surface area contributed by atoms with E-state index in [4.69, 9.17) is 8.85 Å². The van der Waals surface area contributed by atoms with E-state index in [9.17, 15) is 5.11 Å². The predicted octanol–water partition coefficient (Wildman–Crippen LogP) is 5.34. The number of hydrogen-bond acceptors (Lipinski definition) is 3. The van der Waals surface area contributed by atoms with Crippen molar-refractivity contribution < 1.29 is 14.0 Å². The van der Waals surface area contributed by atoms with Crippen molar-refractivity contribution in [1.29, 1.82) is 0 Å². The molecule has 5 heteroatoms. The fraction of sp³-hybridized carbons (Fsp3) is 0.895. The van der Waals surface area contributed by atoms with Gasteiger partial charge in [-0.15, -0.1) is 0 Å². The second-order valence-corrected chi connectivity index (χ2v) is 20.2. The molecule has 0 fully saturated rings. The van der Waals surface area contributed by atoms with Crippen LogP contribution in [0.5, 0.6) is 0 Å². The number of hydrogen-bond donors (Lipinski definition) is 1. The number of aliphatic hydroxyl groups is 1. The zero-order chi connectivity index (χ0) is 19.0. The standard InChI is InChI=1S/C19H40O3Si2/c1-17(2,3)23(7,8)21-14-19(12-11-16(20)13-19)15-22-24(9,10)18(4,5)6/h11-12,16,20H,13-15H2,1-10H3. The van der Waals surface area contributed by atoms with Crippen LogP contribution in [0, 0.1) is 5.41 Å². The molecule has 3 nitrogen and oxygen atoms in total. The molecule has 1 aliphatic carbocycles. The summed E-state index contributed by atoms with van der Waals surface area (Å²) >= 11 is 0. The molecule has 24 heavy (non-hydrogen) atoms. The third kappa shape index (κ3) is 5.27. The molecule has 0 aromatic heterocycles. The summed E-state index contributed by atoms with van der Waals surface area (Å²) in [6.45, 7) is 24.0. The molecule has 0 bridgehead atoms. The molecule has 0 radical (unpaired) electrons. The number of aliphatic hydroxyl groups excluding tert-OH is 1. The first kappa shape index (κ1) is 22.1. The fourth-order valence-corrected chi connectivity index (χ4v) is 4.37. The quantitative estimate of drug-likeness (QED) is 0.505. The average molecular weight is 373 g/mol. The molecule has 0 heterocycles. The fourth-order valence-electron chi connectivity index (χ4n) is 2.20. The smallest absolute Gasteiger partial charge is 0.192 e. The van der Waals surface area contributed by atoms with Gasteiger partial charge in [0.1, 0.15) is 0 Å². The summed E-state index contributed by atoms with van der Waals surface area (Å²) in [7, 11) is -3.63. The molecule has 142 valence electrons. The molecule has 0 spiro atoms. The summed E-state index contributed by atoms with van der Waals surface area (Å²) in [6, 6.07) is 0. The Balaban J connectivity index is 2.85. The molecule has 0 amide bonds. The normalized spacial score (nSPS) is 22.2. The molecule has 1 rings (SSSR count). The van der Waals surface area contributed by atoms with Crippen LogP contribution in [0.3, 0.4) is 0 Å². The van der Waals surface area contributed by atoms with Crippen LogP contribution in [0.2, 0.25) is 36.3 Å². The molecular weight excluding hydrogens is 332 g/mol. The Morgan fingerprint density at radius 1 is 0.917 bits per heavy atom. The van der Waals surface area contributed by atoms with Crippen LogP contribution in [0.1, 0.15) is 48.0 Å². The third-order valence-electron chi connectivity index (χ3n) is 6.34. The van der Waals surface area contributed by atoms with Gasteiger partial charge in [0.15, 0.2) is 16.6 Å². The van der Waals surface area contributed by atoms with Gasteiger partial charge in [0.2, 0.25) is 0 Å². The first-order chi connectivity index (χ1) is 10.5. The Kier molecular flexibility index (Phi) is 6.43. The molecule has 1 aliphatic rings. The summed E-state index contributed by atoms with van der Waals surface area (Å²) in [5.74, 6) is 0. The lowest BCUT2D eigenvalue weighted by molar-refractivity contribution is 0.0747. The molecule has 0 saturated carbocycles. The minimum atomic E-state index is -1.81. The number of rotatable bonds is 6. The Hall–Kier alpha value is 0.0538. The molecule has 1 N–H and O–H groups in total. The lowest BCUT2D eigenvalue weighted by atomic mass is 9.89. The minimum Gasteiger partial charge on any atom is -0.416 e. The van der Waals surface area contributed by atoms with Crippen LogP contribution in [-0.2, 0) is 8.85 Å². The van der Waals surface area contributed by atoms with Crippen molar-refractivity contribution in [3.8, 4) is 0 Å². The zero-order valence-corrected chi connectivity index (χ0v) is 19.6. The highest BCUT2D eigenvalue weighted by Gasteiger charge is 2.44. The zero-order valence-electron chi connectivity index (χ0n) is 17.6. The monoisotopic (exact) mass is 372 g/mol. The van der Waals surface area contributed by atoms with Crippen LogP contribution in [0.25, 0.3) is 0 Å². The largest absolute Gasteiger partial charge is 0.416 e. The first-order valence-electron chi connectivity index (χ1n) is 9.17. The Morgan fingerprint density at radius 2 is 1.29 bits per heavy atom. The molecule has 0 aromatic rings. The summed E-state index contributed by atoms with van der Waals surface area (Å²) < 4.78 is 13.0. The second kappa shape index (κ2) is 6.99. The minimum absolute atomic E-state index is 0.190. The predicted molar refractivity (Wildman–Crippen MR) is 108 cm³/mol. The van der Waals surface area contributed by atoms with Crippen molar-refractivity contribution in [3.05, 3.63) is 12.2 Å². The van der Waals surface area contributed by atoms with E-state index < -0.39 is 16.6 Å². The lowest BCUT2D eigenvalue weighted by Crippen LogP contribution is -2.47. The van der Waals surface area contributed by atoms with E-state index in [1.54, 1.807) is 0 Å². The second-order valence-electron chi connectivity index (χ2n) is 10.6. The summed E-state index contributed by atoms with van der Waals surface area (Å²) in [5.41, 5.74) is -0.190. The van der Waals surface area contributed by atoms with Crippen molar-refractivity contribution in [2.75, 3.05) is 13.2 Å². The van der Waals surface area contributed by atoms with Gasteiger partial charge in [-0.2, -0.15) is 0 Å². The third-order valence-corrected chi connectivity index (χ3v) is 15.3. The Morgan fingerprint density at radius 3 is 1.54 bits per heavy atom. The summed E-state index contributed by atoms with van der Waals surface area (Å²) in [5, 5.41) is 10.4. The van der Waals surface area contributed by atoms with Crippen LogP contribution >= 0.6 is 0 Å². The maximum atomic E-state index is 10.1. The van der Waals surface area contributed by atoms with Crippen LogP contribution < -0.4 is 0 Å². The van der Waals surface area contributed by atoms with Crippen LogP contribution in [-0.4, -0.2) is 41.1 Å². The van der Waals surface area contributed by atoms with Crippen molar-refractivity contribution in [2.45, 2.75) is 90.3 Å². The summed E-state index contributed by atoms with van der Waals surface area (Å²) in [4.78, 5) is 0. The van der Waals surface area contributed by atoms with E-state index in [0.29, 0.717) is 19.6 Å². The van der Waals surface area contributed by atoms with E-state index in [1.165, 1.54) is 0 Å². The molecule has 1 unspecified atom stereocenters. The van der Waals surface area contributed by atoms with Gasteiger partial charge in [-0.25, -0.2) is 0 Å². The highest BCUT2D eigenvalue weighted by atomic mass is 28.4. The highest BCUT2D eigenvalue weighted by Crippen LogP contribution is 2.42. The summed E-state index contributed by atoms with van der Waals surface area (Å²) in [6.07, 6.45) is 4.37. The van der Waals surface area contributed by atoms with Crippen LogP contribution in [0.15, 0.2) is 12.2 Å². The van der Waals surface area contributed by atoms with Gasteiger partial charge < -0.3 is 14.0 Å². The van der Waals surface area contributed by atoms with Gasteiger partial charge in [0.05, 0.1) is 6.10 Å². The van der Waals surface area contributed by atoms with Gasteiger partial charge >= 0.3 is 0 Å². The van der Waals surface area contributed by atoms with Gasteiger partial charge in [0, 0.05) is 18.6 Å². The first-order valence-corrected chi connectivity index (χ1v) is 15.0. The average Bonchev–Trinajstić information content (AvgIpc) is 2.74. The van der Waals surface area contributed by atoms with Crippen molar-refractivity contribution in [1.82, 2.24) is 0 Å². The van der Waals surface area contributed by atoms with Gasteiger partial charge in [-0.1, -0.05) is 53.7 Å². The van der Waals surface area contributed by atoms with E-state index in [0.717, 1.165) is 0 Å². The van der Waals surface area contributed by atoms with E-state index >= 15 is 0 Å². The molecule has 0 saturated heterocycles. The van der Waals surface area contributed by atoms with Gasteiger partial charge in [-0.3, -0.25) is 0 Å². The molecule has 0 aromatic carbocycles. The van der Waals surface area contributed by atoms with Crippen LogP contribution in [0.4, 0.5) is 0 Å². The molecular formula is C19H40O3Si2. The Bertz CT molecular complexity index is 426. The van der Waals surface area contributed by atoms with Crippen molar-refractivity contribution in [3.63, 3.8) is 0 Å². The maximum Gasteiger partial charge on any atom is 0.192 e. The van der Waals surface area contributed by atoms with E-state index in [1.807, 2.05) is 6.08 Å². The highest BCUT2D eigenvalue weighted by molar-refractivity contribution is 6.74. The lowest BCUT2D eigenvalue weighted by Gasteiger charge is -2.42. The van der Waals surface area contributed by atoms with E-state index in [-0.39, 0.29) is 21.6 Å². The van der Waals surface area contributed by atoms with Crippen molar-refractivity contribution in [2.24, 2.45) is 5.41 Å².